The smallest absolute Gasteiger partial charge is 0.444 e. The second kappa shape index (κ2) is 17.5. The minimum atomic E-state index is -2.68. The number of amides is 4. The summed E-state index contributed by atoms with van der Waals surface area (Å²) in [5, 5.41) is 9.60. The minimum Gasteiger partial charge on any atom is -0.444 e. The van der Waals surface area contributed by atoms with Crippen molar-refractivity contribution in [2.45, 2.75) is 65.1 Å². The van der Waals surface area contributed by atoms with Gasteiger partial charge in [0.1, 0.15) is 5.60 Å². The SMILES string of the molecule is [B]B=S(=B[B])(B([B])[B])C(=O)CNC(=O)C(CC(C)C)NC(=O)C(Cc1ccccc1)NC(=O)CNC(=O)OC(C)(C)C. The zero-order chi connectivity index (χ0) is 32.1. The molecule has 0 saturated carbocycles. The second-order valence-electron chi connectivity index (χ2n) is 10.9. The summed E-state index contributed by atoms with van der Waals surface area (Å²) in [6.45, 7) is 7.87. The summed E-state index contributed by atoms with van der Waals surface area (Å²) in [4.78, 5) is 64.0. The maximum atomic E-state index is 13.4. The molecule has 2 unspecified atom stereocenters. The van der Waals surface area contributed by atoms with Crippen LogP contribution in [0.15, 0.2) is 30.3 Å². The molecule has 0 aliphatic rings. The molecule has 18 heteroatoms. The van der Waals surface area contributed by atoms with Crippen molar-refractivity contribution in [1.82, 2.24) is 21.3 Å². The Morgan fingerprint density at radius 2 is 1.50 bits per heavy atom. The van der Waals surface area contributed by atoms with Crippen LogP contribution in [0.25, 0.3) is 0 Å². The molecule has 0 aliphatic carbocycles. The van der Waals surface area contributed by atoms with E-state index in [2.05, 4.69) is 21.3 Å². The molecule has 42 heavy (non-hydrogen) atoms. The summed E-state index contributed by atoms with van der Waals surface area (Å²) in [5.74, 6) is -3.08. The van der Waals surface area contributed by atoms with Crippen LogP contribution in [-0.4, -0.2) is 109 Å². The van der Waals surface area contributed by atoms with Crippen LogP contribution >= 0.6 is 8.73 Å². The first-order chi connectivity index (χ1) is 19.5. The monoisotopic (exact) mass is 584 g/mol. The van der Waals surface area contributed by atoms with Gasteiger partial charge in [-0.05, 0) is 20.8 Å². The number of rotatable bonds is 13. The van der Waals surface area contributed by atoms with Gasteiger partial charge in [0.05, 0.1) is 0 Å². The standard InChI is InChI=1S/C24H35B7N4O6S/c1-15(2)11-17(21(38)32-14-20(37)42(29-25,30-26)31(27)28)35-22(39)18(12-16-9-7-6-8-10-16)34-19(36)13-33-23(40)41-24(3,4)5/h6-10,15,17-18H,11-14H2,1-5H3,(H,32,38)(H,33,40)(H,34,36)(H,35,39). The number of hydrogen-bond donors (Lipinski definition) is 4. The van der Waals surface area contributed by atoms with E-state index >= 15 is 0 Å². The van der Waals surface area contributed by atoms with Gasteiger partial charge in [-0.1, -0.05) is 18.2 Å². The molecule has 4 amide bonds. The van der Waals surface area contributed by atoms with E-state index in [1.165, 1.54) is 0 Å². The normalized spacial score (nSPS) is 12.5. The molecule has 214 valence electrons. The topological polar surface area (TPSA) is 143 Å². The van der Waals surface area contributed by atoms with Crippen LogP contribution in [0.3, 0.4) is 0 Å². The van der Waals surface area contributed by atoms with Crippen LogP contribution < -0.4 is 21.3 Å². The van der Waals surface area contributed by atoms with Crippen molar-refractivity contribution >= 4 is 86.5 Å². The van der Waals surface area contributed by atoms with Crippen molar-refractivity contribution in [2.24, 2.45) is 5.92 Å². The molecule has 0 heterocycles. The number of carbonyl (C=O) groups is 5. The van der Waals surface area contributed by atoms with Gasteiger partial charge in [-0.3, -0.25) is 0 Å². The molecule has 0 bridgehead atoms. The predicted octanol–water partition coefficient (Wildman–Crippen LogP) is -1.06. The molecule has 8 radical (unpaired) electrons. The molecule has 10 nitrogen and oxygen atoms in total. The fourth-order valence-corrected chi connectivity index (χ4v) is 5.07. The van der Waals surface area contributed by atoms with E-state index in [4.69, 9.17) is 35.7 Å². The number of hydrogen-bond acceptors (Lipinski definition) is 6. The van der Waals surface area contributed by atoms with Crippen molar-refractivity contribution in [3.63, 3.8) is 0 Å². The van der Waals surface area contributed by atoms with E-state index in [0.717, 1.165) is 17.7 Å². The van der Waals surface area contributed by atoms with Crippen molar-refractivity contribution in [1.29, 1.82) is 0 Å². The molecule has 1 rings (SSSR count). The summed E-state index contributed by atoms with van der Waals surface area (Å²) in [7, 11) is 20.0. The van der Waals surface area contributed by atoms with Crippen LogP contribution in [0.2, 0.25) is 0 Å². The zero-order valence-electron chi connectivity index (χ0n) is 24.8. The van der Waals surface area contributed by atoms with Gasteiger partial charge in [-0.15, -0.1) is 0 Å². The van der Waals surface area contributed by atoms with E-state index < -0.39 is 74.2 Å². The fraction of sp³-hybridized carbons (Fsp3) is 0.542. The third-order valence-electron chi connectivity index (χ3n) is 5.77. The van der Waals surface area contributed by atoms with E-state index in [-0.39, 0.29) is 18.8 Å². The summed E-state index contributed by atoms with van der Waals surface area (Å²) in [5.41, 5.74) is -0.000911. The molecule has 0 fully saturated rings. The van der Waals surface area contributed by atoms with Gasteiger partial charge in [0.25, 0.3) is 0 Å². The van der Waals surface area contributed by atoms with Crippen molar-refractivity contribution in [3.05, 3.63) is 35.9 Å². The summed E-state index contributed by atoms with van der Waals surface area (Å²) in [6.07, 6.45) is -0.442. The molecule has 0 aromatic heterocycles. The molecule has 1 aromatic rings. The Hall–Kier alpha value is -2.63. The Balaban J connectivity index is 3.07. The van der Waals surface area contributed by atoms with Crippen LogP contribution in [0.4, 0.5) is 4.79 Å². The van der Waals surface area contributed by atoms with Crippen LogP contribution in [0.5, 0.6) is 0 Å². The molecular formula is C24H35B7N4O6S. The molecule has 4 N–H and O–H groups in total. The van der Waals surface area contributed by atoms with E-state index in [1.54, 1.807) is 45.0 Å². The Bertz CT molecular complexity index is 1220. The Kier molecular flexibility index (Phi) is 15.6. The first kappa shape index (κ1) is 37.4. The Labute approximate surface area is 256 Å². The first-order valence-corrected chi connectivity index (χ1v) is 15.2. The summed E-state index contributed by atoms with van der Waals surface area (Å²) < 4.78 is 5.13. The van der Waals surface area contributed by atoms with E-state index in [9.17, 15) is 24.0 Å². The zero-order valence-corrected chi connectivity index (χ0v) is 25.7. The average molecular weight is 583 g/mol. The molecule has 0 spiro atoms. The van der Waals surface area contributed by atoms with Crippen molar-refractivity contribution in [3.8, 4) is 0 Å². The van der Waals surface area contributed by atoms with Gasteiger partial charge in [-0.25, -0.2) is 4.79 Å². The van der Waals surface area contributed by atoms with E-state index in [0.29, 0.717) is 0 Å². The summed E-state index contributed by atoms with van der Waals surface area (Å²) >= 11 is 0. The third kappa shape index (κ3) is 12.7. The van der Waals surface area contributed by atoms with Crippen LogP contribution in [0, 0.1) is 5.92 Å². The summed E-state index contributed by atoms with van der Waals surface area (Å²) in [6, 6.07) is 8.93. The van der Waals surface area contributed by atoms with Gasteiger partial charge in [0, 0.05) is 0 Å². The maximum absolute atomic E-state index is 13.4. The predicted molar refractivity (Wildman–Crippen MR) is 174 cm³/mol. The molecular weight excluding hydrogens is 548 g/mol. The van der Waals surface area contributed by atoms with Gasteiger partial charge in [0.15, 0.2) is 0 Å². The van der Waals surface area contributed by atoms with Crippen molar-refractivity contribution in [2.75, 3.05) is 13.1 Å². The number of nitrogens with one attached hydrogen (secondary N) is 4. The molecule has 2 atom stereocenters. The Morgan fingerprint density at radius 3 is 2.00 bits per heavy atom. The third-order valence-corrected chi connectivity index (χ3v) is 8.50. The Morgan fingerprint density at radius 1 is 0.905 bits per heavy atom. The minimum absolute atomic E-state index is 0.0196. The number of alkyl carbamates (subject to hydrolysis) is 1. The molecule has 0 aliphatic heterocycles. The van der Waals surface area contributed by atoms with Gasteiger partial charge in [0.2, 0.25) is 0 Å². The fourth-order valence-electron chi connectivity index (χ4n) is 3.68. The van der Waals surface area contributed by atoms with Crippen LogP contribution in [-0.2, 0) is 30.3 Å². The number of benzene rings is 1. The van der Waals surface area contributed by atoms with E-state index in [1.807, 2.05) is 19.9 Å². The van der Waals surface area contributed by atoms with Gasteiger partial charge < -0.3 is 10.1 Å². The quantitative estimate of drug-likeness (QED) is 0.218. The second-order valence-corrected chi connectivity index (χ2v) is 14.0. The molecule has 0 saturated heterocycles. The number of carbonyl (C=O) groups excluding carboxylic acids is 5. The van der Waals surface area contributed by atoms with Gasteiger partial charge >= 0.3 is 197 Å². The van der Waals surface area contributed by atoms with Crippen LogP contribution in [0.1, 0.15) is 46.6 Å². The van der Waals surface area contributed by atoms with Crippen molar-refractivity contribution < 1.29 is 28.7 Å². The number of ether oxygens (including phenoxy) is 1. The first-order valence-electron chi connectivity index (χ1n) is 13.4. The average Bonchev–Trinajstić information content (AvgIpc) is 2.90. The van der Waals surface area contributed by atoms with Gasteiger partial charge in [-0.2, -0.15) is 0 Å². The molecule has 1 aromatic carbocycles.